The van der Waals surface area contributed by atoms with Gasteiger partial charge in [-0.2, -0.15) is 0 Å². The predicted molar refractivity (Wildman–Crippen MR) is 42.2 cm³/mol. The zero-order valence-electron chi connectivity index (χ0n) is 7.33. The van der Waals surface area contributed by atoms with Crippen molar-refractivity contribution in [2.24, 2.45) is 0 Å². The summed E-state index contributed by atoms with van der Waals surface area (Å²) in [6, 6.07) is 0. The Hall–Kier alpha value is -1.06. The van der Waals surface area contributed by atoms with Crippen LogP contribution in [0, 0.1) is 6.42 Å². The van der Waals surface area contributed by atoms with Crippen molar-refractivity contribution in [1.82, 2.24) is 0 Å². The highest BCUT2D eigenvalue weighted by atomic mass is 16.5. The SMILES string of the molecule is CC(=O)OC[CH]CCOC(C)=O. The summed E-state index contributed by atoms with van der Waals surface area (Å²) in [6.07, 6.45) is 2.34. The van der Waals surface area contributed by atoms with E-state index in [1.807, 2.05) is 0 Å². The largest absolute Gasteiger partial charge is 0.466 e. The highest BCUT2D eigenvalue weighted by Crippen LogP contribution is 1.90. The molecule has 0 N–H and O–H groups in total. The maximum Gasteiger partial charge on any atom is 0.302 e. The fraction of sp³-hybridized carbons (Fsp3) is 0.625. The Kier molecular flexibility index (Phi) is 6.05. The summed E-state index contributed by atoms with van der Waals surface area (Å²) in [5, 5.41) is 0. The van der Waals surface area contributed by atoms with Gasteiger partial charge in [-0.25, -0.2) is 0 Å². The molecule has 69 valence electrons. The first-order valence-corrected chi connectivity index (χ1v) is 3.71. The average molecular weight is 173 g/mol. The lowest BCUT2D eigenvalue weighted by Gasteiger charge is -2.01. The number of ether oxygens (including phenoxy) is 2. The summed E-state index contributed by atoms with van der Waals surface area (Å²) in [4.78, 5) is 20.5. The topological polar surface area (TPSA) is 52.6 Å². The van der Waals surface area contributed by atoms with Crippen LogP contribution in [0.2, 0.25) is 0 Å². The normalized spacial score (nSPS) is 9.17. The number of carbonyl (C=O) groups excluding carboxylic acids is 2. The maximum absolute atomic E-state index is 10.3. The molecule has 0 spiro atoms. The fourth-order valence-corrected chi connectivity index (χ4v) is 0.546. The second kappa shape index (κ2) is 6.64. The van der Waals surface area contributed by atoms with Crippen LogP contribution in [-0.2, 0) is 19.1 Å². The third-order valence-electron chi connectivity index (χ3n) is 1.03. The van der Waals surface area contributed by atoms with Crippen LogP contribution in [0.1, 0.15) is 20.3 Å². The smallest absolute Gasteiger partial charge is 0.302 e. The number of carbonyl (C=O) groups is 2. The van der Waals surface area contributed by atoms with Gasteiger partial charge in [0.05, 0.1) is 13.2 Å². The van der Waals surface area contributed by atoms with Gasteiger partial charge in [0.1, 0.15) is 0 Å². The second-order valence-corrected chi connectivity index (χ2v) is 2.22. The minimum absolute atomic E-state index is 0.274. The van der Waals surface area contributed by atoms with Crippen molar-refractivity contribution < 1.29 is 19.1 Å². The Bertz CT molecular complexity index is 135. The molecule has 0 unspecified atom stereocenters. The van der Waals surface area contributed by atoms with Crippen LogP contribution in [0.5, 0.6) is 0 Å². The molecule has 0 aliphatic heterocycles. The lowest BCUT2D eigenvalue weighted by Crippen LogP contribution is -2.04. The van der Waals surface area contributed by atoms with E-state index in [0.29, 0.717) is 13.0 Å². The van der Waals surface area contributed by atoms with Gasteiger partial charge in [0.2, 0.25) is 0 Å². The van der Waals surface area contributed by atoms with Crippen molar-refractivity contribution in [2.45, 2.75) is 20.3 Å². The number of hydrogen-bond acceptors (Lipinski definition) is 4. The van der Waals surface area contributed by atoms with Crippen molar-refractivity contribution in [3.8, 4) is 0 Å². The second-order valence-electron chi connectivity index (χ2n) is 2.22. The lowest BCUT2D eigenvalue weighted by atomic mass is 10.3. The Morgan fingerprint density at radius 3 is 2.25 bits per heavy atom. The highest BCUT2D eigenvalue weighted by molar-refractivity contribution is 5.66. The predicted octanol–water partition coefficient (Wildman–Crippen LogP) is 0.707. The van der Waals surface area contributed by atoms with E-state index in [2.05, 4.69) is 9.47 Å². The summed E-state index contributed by atoms with van der Waals surface area (Å²) in [6.45, 7) is 3.32. The van der Waals surface area contributed by atoms with E-state index < -0.39 is 0 Å². The molecule has 0 aromatic rings. The molecule has 4 heteroatoms. The van der Waals surface area contributed by atoms with E-state index in [4.69, 9.17) is 0 Å². The van der Waals surface area contributed by atoms with Gasteiger partial charge in [-0.15, -0.1) is 0 Å². The third kappa shape index (κ3) is 8.94. The van der Waals surface area contributed by atoms with Gasteiger partial charge in [-0.3, -0.25) is 9.59 Å². The van der Waals surface area contributed by atoms with Gasteiger partial charge < -0.3 is 9.47 Å². The number of rotatable bonds is 5. The molecule has 0 aromatic carbocycles. The van der Waals surface area contributed by atoms with Crippen molar-refractivity contribution in [1.29, 1.82) is 0 Å². The van der Waals surface area contributed by atoms with Crippen LogP contribution in [0.3, 0.4) is 0 Å². The summed E-state index contributed by atoms with van der Waals surface area (Å²) in [5.74, 6) is -0.602. The van der Waals surface area contributed by atoms with E-state index >= 15 is 0 Å². The zero-order valence-corrected chi connectivity index (χ0v) is 7.33. The molecule has 0 aliphatic carbocycles. The number of esters is 2. The molecule has 0 saturated heterocycles. The average Bonchev–Trinajstić information content (AvgIpc) is 1.95. The Balaban J connectivity index is 3.01. The van der Waals surface area contributed by atoms with Crippen LogP contribution in [0.15, 0.2) is 0 Å². The molecule has 0 aliphatic rings. The monoisotopic (exact) mass is 173 g/mol. The summed E-state index contributed by atoms with van der Waals surface area (Å²) >= 11 is 0. The van der Waals surface area contributed by atoms with Gasteiger partial charge in [0.15, 0.2) is 0 Å². The van der Waals surface area contributed by atoms with E-state index in [9.17, 15) is 9.59 Å². The molecule has 0 heterocycles. The molecule has 0 rings (SSSR count). The maximum atomic E-state index is 10.3. The first-order chi connectivity index (χ1) is 5.63. The van der Waals surface area contributed by atoms with Crippen LogP contribution in [0.4, 0.5) is 0 Å². The summed E-state index contributed by atoms with van der Waals surface area (Å²) in [7, 11) is 0. The molecule has 4 nitrogen and oxygen atoms in total. The molecule has 0 aromatic heterocycles. The van der Waals surface area contributed by atoms with E-state index in [1.165, 1.54) is 13.8 Å². The number of hydrogen-bond donors (Lipinski definition) is 0. The van der Waals surface area contributed by atoms with Gasteiger partial charge >= 0.3 is 11.9 Å². The lowest BCUT2D eigenvalue weighted by molar-refractivity contribution is -0.142. The first-order valence-electron chi connectivity index (χ1n) is 3.71. The van der Waals surface area contributed by atoms with E-state index in [1.54, 1.807) is 6.42 Å². The van der Waals surface area contributed by atoms with Crippen LogP contribution >= 0.6 is 0 Å². The van der Waals surface area contributed by atoms with Crippen LogP contribution in [-0.4, -0.2) is 25.2 Å². The molecular weight excluding hydrogens is 160 g/mol. The third-order valence-corrected chi connectivity index (χ3v) is 1.03. The van der Waals surface area contributed by atoms with E-state index in [0.717, 1.165) is 0 Å². The Labute approximate surface area is 71.8 Å². The minimum Gasteiger partial charge on any atom is -0.466 e. The van der Waals surface area contributed by atoms with Crippen molar-refractivity contribution in [3.63, 3.8) is 0 Å². The first kappa shape index (κ1) is 10.9. The van der Waals surface area contributed by atoms with Crippen LogP contribution in [0.25, 0.3) is 0 Å². The summed E-state index contributed by atoms with van der Waals surface area (Å²) in [5.41, 5.74) is 0. The van der Waals surface area contributed by atoms with Crippen molar-refractivity contribution in [3.05, 3.63) is 6.42 Å². The summed E-state index contributed by atoms with van der Waals surface area (Å²) < 4.78 is 9.25. The zero-order chi connectivity index (χ0) is 9.40. The van der Waals surface area contributed by atoms with Gasteiger partial charge in [0, 0.05) is 20.3 Å². The molecule has 12 heavy (non-hydrogen) atoms. The van der Waals surface area contributed by atoms with Gasteiger partial charge in [-0.05, 0) is 6.42 Å². The molecule has 1 radical (unpaired) electrons. The fourth-order valence-electron chi connectivity index (χ4n) is 0.546. The molecular formula is C8H13O4. The number of unbranched alkanes of at least 4 members (excludes halogenated alkanes) is 1. The Morgan fingerprint density at radius 2 is 1.75 bits per heavy atom. The van der Waals surface area contributed by atoms with Gasteiger partial charge in [-0.1, -0.05) is 0 Å². The Morgan fingerprint density at radius 1 is 1.17 bits per heavy atom. The highest BCUT2D eigenvalue weighted by Gasteiger charge is 1.95. The van der Waals surface area contributed by atoms with Crippen LogP contribution < -0.4 is 0 Å². The van der Waals surface area contributed by atoms with Gasteiger partial charge in [0.25, 0.3) is 0 Å². The standard InChI is InChI=1S/C8H13O4/c1-7(9)11-5-3-4-6-12-8(2)10/h3H,4-6H2,1-2H3. The quantitative estimate of drug-likeness (QED) is 0.453. The van der Waals surface area contributed by atoms with Crippen molar-refractivity contribution >= 4 is 11.9 Å². The molecule has 0 fully saturated rings. The minimum atomic E-state index is -0.307. The molecule has 0 bridgehead atoms. The molecule has 0 amide bonds. The van der Waals surface area contributed by atoms with E-state index in [-0.39, 0.29) is 18.5 Å². The van der Waals surface area contributed by atoms with Crippen molar-refractivity contribution in [2.75, 3.05) is 13.2 Å². The molecule has 0 saturated carbocycles. The molecule has 0 atom stereocenters.